The van der Waals surface area contributed by atoms with Crippen LogP contribution in [0.1, 0.15) is 31.2 Å². The molecule has 0 radical (unpaired) electrons. The van der Waals surface area contributed by atoms with E-state index in [9.17, 15) is 4.79 Å². The van der Waals surface area contributed by atoms with Gasteiger partial charge in [-0.25, -0.2) is 4.68 Å². The highest BCUT2D eigenvalue weighted by molar-refractivity contribution is 5.76. The molecule has 0 spiro atoms. The predicted octanol–water partition coefficient (Wildman–Crippen LogP) is 3.72. The van der Waals surface area contributed by atoms with Gasteiger partial charge >= 0.3 is 0 Å². The first-order chi connectivity index (χ1) is 15.7. The molecule has 7 nitrogen and oxygen atoms in total. The fourth-order valence-corrected chi connectivity index (χ4v) is 5.38. The number of aromatic amines is 1. The molecule has 4 aromatic rings. The van der Waals surface area contributed by atoms with Gasteiger partial charge in [0, 0.05) is 24.7 Å². The number of piperidine rings is 1. The number of anilines is 1. The maximum absolute atomic E-state index is 12.7. The molecule has 4 heterocycles. The van der Waals surface area contributed by atoms with Crippen molar-refractivity contribution in [2.24, 2.45) is 0 Å². The van der Waals surface area contributed by atoms with Crippen molar-refractivity contribution in [3.8, 4) is 5.69 Å². The molecule has 7 heteroatoms. The standard InChI is InChI=1S/C25H26N6O/c32-24-22-15-26-31(19-9-5-2-6-10-19)23(22)28-25(29-24)27-18-13-20-11-12-21(14-18)30(20)16-17-7-3-1-4-8-17/h1-10,15,18,20-21H,11-14,16H2,(H2,27,28,29,32). The van der Waals surface area contributed by atoms with E-state index in [1.807, 2.05) is 30.3 Å². The first-order valence-corrected chi connectivity index (χ1v) is 11.3. The van der Waals surface area contributed by atoms with Gasteiger partial charge in [0.1, 0.15) is 5.39 Å². The van der Waals surface area contributed by atoms with Crippen molar-refractivity contribution in [2.75, 3.05) is 5.32 Å². The fraction of sp³-hybridized carbons (Fsp3) is 0.320. The van der Waals surface area contributed by atoms with E-state index in [4.69, 9.17) is 4.98 Å². The Morgan fingerprint density at radius 3 is 2.38 bits per heavy atom. The Bertz CT molecular complexity index is 1270. The van der Waals surface area contributed by atoms with E-state index < -0.39 is 0 Å². The van der Waals surface area contributed by atoms with Gasteiger partial charge in [0.2, 0.25) is 5.95 Å². The Hall–Kier alpha value is -3.45. The zero-order chi connectivity index (χ0) is 21.5. The van der Waals surface area contributed by atoms with Crippen LogP contribution in [0.4, 0.5) is 5.95 Å². The molecular weight excluding hydrogens is 400 g/mol. The van der Waals surface area contributed by atoms with E-state index in [1.165, 1.54) is 18.4 Å². The van der Waals surface area contributed by atoms with Gasteiger partial charge in [-0.15, -0.1) is 0 Å². The minimum Gasteiger partial charge on any atom is -0.353 e. The number of hydrogen-bond acceptors (Lipinski definition) is 5. The molecule has 0 aliphatic carbocycles. The molecule has 6 rings (SSSR count). The highest BCUT2D eigenvalue weighted by Gasteiger charge is 2.40. The molecule has 2 bridgehead atoms. The lowest BCUT2D eigenvalue weighted by Gasteiger charge is -2.39. The largest absolute Gasteiger partial charge is 0.353 e. The molecule has 0 saturated carbocycles. The average molecular weight is 427 g/mol. The van der Waals surface area contributed by atoms with Crippen LogP contribution in [-0.4, -0.2) is 42.8 Å². The fourth-order valence-electron chi connectivity index (χ4n) is 5.38. The number of nitrogens with one attached hydrogen (secondary N) is 2. The summed E-state index contributed by atoms with van der Waals surface area (Å²) in [6.07, 6.45) is 6.17. The SMILES string of the molecule is O=c1[nH]c(NC2CC3CCC(C2)N3Cc2ccccc2)nc2c1cnn2-c1ccccc1. The van der Waals surface area contributed by atoms with Gasteiger partial charge in [0.25, 0.3) is 5.56 Å². The first kappa shape index (κ1) is 19.3. The maximum Gasteiger partial charge on any atom is 0.263 e. The van der Waals surface area contributed by atoms with Crippen molar-refractivity contribution in [1.82, 2.24) is 24.6 Å². The number of para-hydroxylation sites is 1. The Balaban J connectivity index is 1.22. The third-order valence-electron chi connectivity index (χ3n) is 6.87. The third kappa shape index (κ3) is 3.48. The smallest absolute Gasteiger partial charge is 0.263 e. The molecule has 32 heavy (non-hydrogen) atoms. The average Bonchev–Trinajstić information content (AvgIpc) is 3.33. The number of nitrogens with zero attached hydrogens (tertiary/aromatic N) is 4. The lowest BCUT2D eigenvalue weighted by Crippen LogP contribution is -2.46. The van der Waals surface area contributed by atoms with Gasteiger partial charge < -0.3 is 5.32 Å². The molecule has 2 unspecified atom stereocenters. The topological polar surface area (TPSA) is 78.8 Å². The van der Waals surface area contributed by atoms with Gasteiger partial charge in [-0.3, -0.25) is 14.7 Å². The van der Waals surface area contributed by atoms with Crippen LogP contribution in [0.15, 0.2) is 71.7 Å². The van der Waals surface area contributed by atoms with Crippen LogP contribution < -0.4 is 10.9 Å². The monoisotopic (exact) mass is 426 g/mol. The summed E-state index contributed by atoms with van der Waals surface area (Å²) in [6.45, 7) is 1.01. The lowest BCUT2D eigenvalue weighted by molar-refractivity contribution is 0.124. The number of hydrogen-bond donors (Lipinski definition) is 2. The van der Waals surface area contributed by atoms with Crippen molar-refractivity contribution < 1.29 is 0 Å². The summed E-state index contributed by atoms with van der Waals surface area (Å²) in [6, 6.07) is 21.9. The molecule has 2 aromatic carbocycles. The summed E-state index contributed by atoms with van der Waals surface area (Å²) >= 11 is 0. The number of benzene rings is 2. The summed E-state index contributed by atoms with van der Waals surface area (Å²) in [5.41, 5.74) is 2.68. The second-order valence-corrected chi connectivity index (χ2v) is 8.90. The van der Waals surface area contributed by atoms with Gasteiger partial charge in [0.15, 0.2) is 5.65 Å². The van der Waals surface area contributed by atoms with Crippen LogP contribution >= 0.6 is 0 Å². The van der Waals surface area contributed by atoms with E-state index in [0.29, 0.717) is 35.1 Å². The van der Waals surface area contributed by atoms with Crippen LogP contribution in [0.3, 0.4) is 0 Å². The van der Waals surface area contributed by atoms with Crippen molar-refractivity contribution in [1.29, 1.82) is 0 Å². The van der Waals surface area contributed by atoms with Crippen LogP contribution in [0.5, 0.6) is 0 Å². The van der Waals surface area contributed by atoms with E-state index in [-0.39, 0.29) is 5.56 Å². The van der Waals surface area contributed by atoms with Crippen molar-refractivity contribution in [2.45, 2.75) is 50.4 Å². The van der Waals surface area contributed by atoms with E-state index in [0.717, 1.165) is 25.1 Å². The second-order valence-electron chi connectivity index (χ2n) is 8.90. The van der Waals surface area contributed by atoms with Gasteiger partial charge in [-0.2, -0.15) is 10.1 Å². The molecule has 2 aliphatic rings. The molecular formula is C25H26N6O. The van der Waals surface area contributed by atoms with Crippen molar-refractivity contribution in [3.63, 3.8) is 0 Å². The summed E-state index contributed by atoms with van der Waals surface area (Å²) < 4.78 is 1.72. The number of H-pyrrole nitrogens is 1. The summed E-state index contributed by atoms with van der Waals surface area (Å²) in [5.74, 6) is 0.529. The molecule has 2 aromatic heterocycles. The number of aromatic nitrogens is 4. The van der Waals surface area contributed by atoms with Gasteiger partial charge in [0.05, 0.1) is 11.9 Å². The van der Waals surface area contributed by atoms with Gasteiger partial charge in [-0.1, -0.05) is 48.5 Å². The molecule has 2 N–H and O–H groups in total. The highest BCUT2D eigenvalue weighted by Crippen LogP contribution is 2.37. The Morgan fingerprint density at radius 1 is 0.969 bits per heavy atom. The molecule has 162 valence electrons. The van der Waals surface area contributed by atoms with E-state index >= 15 is 0 Å². The van der Waals surface area contributed by atoms with Crippen LogP contribution in [0, 0.1) is 0 Å². The highest BCUT2D eigenvalue weighted by atomic mass is 16.1. The Kier molecular flexibility index (Phi) is 4.76. The minimum absolute atomic E-state index is 0.163. The predicted molar refractivity (Wildman–Crippen MR) is 125 cm³/mol. The number of rotatable bonds is 5. The molecule has 2 aliphatic heterocycles. The van der Waals surface area contributed by atoms with Crippen LogP contribution in [0.25, 0.3) is 16.7 Å². The molecule has 2 fully saturated rings. The van der Waals surface area contributed by atoms with E-state index in [1.54, 1.807) is 10.9 Å². The third-order valence-corrected chi connectivity index (χ3v) is 6.87. The number of fused-ring (bicyclic) bond motifs is 3. The lowest BCUT2D eigenvalue weighted by atomic mass is 9.96. The zero-order valence-corrected chi connectivity index (χ0v) is 17.8. The molecule has 2 atom stereocenters. The Labute approximate surface area is 186 Å². The molecule has 0 amide bonds. The second kappa shape index (κ2) is 7.91. The maximum atomic E-state index is 12.7. The van der Waals surface area contributed by atoms with Crippen LogP contribution in [-0.2, 0) is 6.54 Å². The summed E-state index contributed by atoms with van der Waals surface area (Å²) in [5, 5.41) is 8.43. The molecule has 2 saturated heterocycles. The Morgan fingerprint density at radius 2 is 1.66 bits per heavy atom. The summed E-state index contributed by atoms with van der Waals surface area (Å²) in [4.78, 5) is 23.0. The zero-order valence-electron chi connectivity index (χ0n) is 17.8. The minimum atomic E-state index is -0.163. The van der Waals surface area contributed by atoms with Crippen molar-refractivity contribution >= 4 is 17.0 Å². The normalized spacial score (nSPS) is 22.9. The van der Waals surface area contributed by atoms with Crippen LogP contribution in [0.2, 0.25) is 0 Å². The van der Waals surface area contributed by atoms with Gasteiger partial charge in [-0.05, 0) is 43.4 Å². The van der Waals surface area contributed by atoms with E-state index in [2.05, 4.69) is 50.6 Å². The quantitative estimate of drug-likeness (QED) is 0.509. The summed E-state index contributed by atoms with van der Waals surface area (Å²) in [7, 11) is 0. The first-order valence-electron chi connectivity index (χ1n) is 11.3. The van der Waals surface area contributed by atoms with Crippen molar-refractivity contribution in [3.05, 3.63) is 82.8 Å².